The van der Waals surface area contributed by atoms with E-state index >= 15 is 0 Å². The standard InChI is InChI=1S/C35H50F2N2O6Si/c1-10-16-42-28-21-30(39(22-28)33(41)44-34(2,3)4)31(45-46(8,9)35(5,6)7)29(19-25-17-26(36)20-27(37)18-25)38-32(40)43-23-24-14-12-11-13-15-24/h10-15,17-18,20,28-31H,1,16,19,21-23H2,2-9H3,(H,38,40)/t28-,29+,30-,31-/m1/s1. The lowest BCUT2D eigenvalue weighted by atomic mass is 9.94. The molecule has 2 aromatic rings. The van der Waals surface area contributed by atoms with Gasteiger partial charge in [-0.1, -0.05) is 57.2 Å². The van der Waals surface area contributed by atoms with Gasteiger partial charge < -0.3 is 24.0 Å². The molecule has 254 valence electrons. The predicted molar refractivity (Wildman–Crippen MR) is 177 cm³/mol. The Balaban J connectivity index is 2.08. The number of hydrogen-bond acceptors (Lipinski definition) is 6. The Hall–Kier alpha value is -3.28. The van der Waals surface area contributed by atoms with Crippen LogP contribution in [0, 0.1) is 11.6 Å². The van der Waals surface area contributed by atoms with E-state index in [0.717, 1.165) is 11.6 Å². The van der Waals surface area contributed by atoms with Crippen LogP contribution in [0.1, 0.15) is 59.1 Å². The van der Waals surface area contributed by atoms with E-state index in [0.29, 0.717) is 12.0 Å². The highest BCUT2D eigenvalue weighted by Crippen LogP contribution is 2.40. The summed E-state index contributed by atoms with van der Waals surface area (Å²) >= 11 is 0. The van der Waals surface area contributed by atoms with Crippen LogP contribution in [0.4, 0.5) is 18.4 Å². The zero-order valence-electron chi connectivity index (χ0n) is 28.4. The average Bonchev–Trinajstić information content (AvgIpc) is 3.36. The average molecular weight is 661 g/mol. The van der Waals surface area contributed by atoms with E-state index in [1.165, 1.54) is 12.1 Å². The number of alkyl carbamates (subject to hydrolysis) is 1. The lowest BCUT2D eigenvalue weighted by molar-refractivity contribution is 0.000196. The van der Waals surface area contributed by atoms with Gasteiger partial charge in [0.25, 0.3) is 0 Å². The number of carbonyl (C=O) groups excluding carboxylic acids is 2. The van der Waals surface area contributed by atoms with E-state index in [9.17, 15) is 18.4 Å². The fourth-order valence-corrected chi connectivity index (χ4v) is 6.44. The third-order valence-corrected chi connectivity index (χ3v) is 12.8. The lowest BCUT2D eigenvalue weighted by Gasteiger charge is -2.45. The molecule has 1 saturated heterocycles. The van der Waals surface area contributed by atoms with Gasteiger partial charge >= 0.3 is 12.2 Å². The number of nitrogens with zero attached hydrogens (tertiary/aromatic N) is 1. The van der Waals surface area contributed by atoms with Gasteiger partial charge in [-0.25, -0.2) is 18.4 Å². The van der Waals surface area contributed by atoms with Crippen molar-refractivity contribution in [3.05, 3.63) is 83.9 Å². The monoisotopic (exact) mass is 660 g/mol. The maximum Gasteiger partial charge on any atom is 0.410 e. The largest absolute Gasteiger partial charge is 0.445 e. The van der Waals surface area contributed by atoms with Crippen molar-refractivity contribution in [2.24, 2.45) is 0 Å². The summed E-state index contributed by atoms with van der Waals surface area (Å²) in [5.41, 5.74) is 0.343. The molecule has 0 saturated carbocycles. The van der Waals surface area contributed by atoms with Crippen molar-refractivity contribution in [3.8, 4) is 0 Å². The summed E-state index contributed by atoms with van der Waals surface area (Å²) in [6, 6.07) is 11.0. The molecule has 0 aliphatic carbocycles. The molecule has 0 bridgehead atoms. The smallest absolute Gasteiger partial charge is 0.410 e. The van der Waals surface area contributed by atoms with Gasteiger partial charge in [0.05, 0.1) is 37.4 Å². The van der Waals surface area contributed by atoms with Crippen LogP contribution in [-0.4, -0.2) is 68.4 Å². The van der Waals surface area contributed by atoms with Gasteiger partial charge in [0.15, 0.2) is 8.32 Å². The first-order valence-electron chi connectivity index (χ1n) is 15.7. The predicted octanol–water partition coefficient (Wildman–Crippen LogP) is 7.77. The minimum Gasteiger partial charge on any atom is -0.445 e. The number of likely N-dealkylation sites (tertiary alicyclic amines) is 1. The van der Waals surface area contributed by atoms with Crippen molar-refractivity contribution in [2.45, 2.75) is 109 Å². The highest BCUT2D eigenvalue weighted by Gasteiger charge is 2.49. The molecule has 1 heterocycles. The quantitative estimate of drug-likeness (QED) is 0.185. The van der Waals surface area contributed by atoms with Crippen LogP contribution in [0.15, 0.2) is 61.2 Å². The van der Waals surface area contributed by atoms with E-state index in [1.54, 1.807) is 31.7 Å². The summed E-state index contributed by atoms with van der Waals surface area (Å²) in [6.07, 6.45) is -0.434. The molecule has 1 N–H and O–H groups in total. The van der Waals surface area contributed by atoms with Crippen LogP contribution in [0.25, 0.3) is 0 Å². The van der Waals surface area contributed by atoms with E-state index in [4.69, 9.17) is 18.6 Å². The van der Waals surface area contributed by atoms with Crippen LogP contribution in [0.3, 0.4) is 0 Å². The van der Waals surface area contributed by atoms with Gasteiger partial charge in [0.1, 0.15) is 23.8 Å². The van der Waals surface area contributed by atoms with Crippen molar-refractivity contribution in [2.75, 3.05) is 13.2 Å². The Morgan fingerprint density at radius 3 is 2.24 bits per heavy atom. The van der Waals surface area contributed by atoms with Crippen LogP contribution in [0.2, 0.25) is 18.1 Å². The van der Waals surface area contributed by atoms with E-state index < -0.39 is 55.9 Å². The molecule has 1 aliphatic rings. The fraction of sp³-hybridized carbons (Fsp3) is 0.543. The molecule has 1 aliphatic heterocycles. The van der Waals surface area contributed by atoms with Gasteiger partial charge in [-0.2, -0.15) is 0 Å². The molecule has 2 amide bonds. The summed E-state index contributed by atoms with van der Waals surface area (Å²) < 4.78 is 53.3. The van der Waals surface area contributed by atoms with Crippen molar-refractivity contribution in [1.82, 2.24) is 10.2 Å². The minimum atomic E-state index is -2.59. The zero-order chi connectivity index (χ0) is 34.3. The molecule has 0 spiro atoms. The van der Waals surface area contributed by atoms with E-state index in [1.807, 2.05) is 30.3 Å². The number of rotatable bonds is 12. The molecular formula is C35H50F2N2O6Si. The molecule has 1 fully saturated rings. The highest BCUT2D eigenvalue weighted by atomic mass is 28.4. The molecule has 11 heteroatoms. The second kappa shape index (κ2) is 15.5. The van der Waals surface area contributed by atoms with Crippen LogP contribution >= 0.6 is 0 Å². The third-order valence-electron chi connectivity index (χ3n) is 8.29. The summed E-state index contributed by atoms with van der Waals surface area (Å²) in [6.45, 7) is 20.1. The maximum absolute atomic E-state index is 14.4. The molecular weight excluding hydrogens is 610 g/mol. The third kappa shape index (κ3) is 10.9. The van der Waals surface area contributed by atoms with E-state index in [2.05, 4.69) is 45.8 Å². The van der Waals surface area contributed by atoms with Crippen LogP contribution in [0.5, 0.6) is 0 Å². The normalized spacial score (nSPS) is 18.5. The number of halogens is 2. The summed E-state index contributed by atoms with van der Waals surface area (Å²) in [5, 5.41) is 2.70. The SMILES string of the molecule is C=CCO[C@@H]1C[C@H]([C@H](O[Si](C)(C)C(C)(C)C)[C@H](Cc2cc(F)cc(F)c2)NC(=O)OCc2ccccc2)N(C(=O)OC(C)(C)C)C1. The Morgan fingerprint density at radius 1 is 1.04 bits per heavy atom. The molecule has 0 unspecified atom stereocenters. The minimum absolute atomic E-state index is 0.00520. The fourth-order valence-electron chi connectivity index (χ4n) is 5.09. The van der Waals surface area contributed by atoms with Gasteiger partial charge in [-0.15, -0.1) is 6.58 Å². The number of carbonyl (C=O) groups is 2. The number of amides is 2. The highest BCUT2D eigenvalue weighted by molar-refractivity contribution is 6.74. The van der Waals surface area contributed by atoms with E-state index in [-0.39, 0.29) is 37.3 Å². The molecule has 46 heavy (non-hydrogen) atoms. The maximum atomic E-state index is 14.4. The number of ether oxygens (including phenoxy) is 3. The zero-order valence-corrected chi connectivity index (χ0v) is 29.4. The second-order valence-electron chi connectivity index (χ2n) is 14.3. The second-order valence-corrected chi connectivity index (χ2v) is 19.1. The van der Waals surface area contributed by atoms with Gasteiger partial charge in [-0.05, 0) is 75.0 Å². The number of hydrogen-bond donors (Lipinski definition) is 1. The van der Waals surface area contributed by atoms with Gasteiger partial charge in [0, 0.05) is 6.07 Å². The van der Waals surface area contributed by atoms with Crippen LogP contribution < -0.4 is 5.32 Å². The molecule has 0 aromatic heterocycles. The first-order valence-corrected chi connectivity index (χ1v) is 18.6. The Kier molecular flexibility index (Phi) is 12.6. The molecule has 8 nitrogen and oxygen atoms in total. The Bertz CT molecular complexity index is 1310. The van der Waals surface area contributed by atoms with Crippen LogP contribution in [-0.2, 0) is 31.7 Å². The van der Waals surface area contributed by atoms with Crippen molar-refractivity contribution in [1.29, 1.82) is 0 Å². The summed E-state index contributed by atoms with van der Waals surface area (Å²) in [5.74, 6) is -1.48. The Morgan fingerprint density at radius 2 is 1.67 bits per heavy atom. The summed E-state index contributed by atoms with van der Waals surface area (Å²) in [4.78, 5) is 28.6. The van der Waals surface area contributed by atoms with Crippen molar-refractivity contribution >= 4 is 20.5 Å². The summed E-state index contributed by atoms with van der Waals surface area (Å²) in [7, 11) is -2.59. The topological polar surface area (TPSA) is 86.3 Å². The first kappa shape index (κ1) is 37.2. The first-order chi connectivity index (χ1) is 21.4. The molecule has 4 atom stereocenters. The molecule has 3 rings (SSSR count). The van der Waals surface area contributed by atoms with Gasteiger partial charge in [0.2, 0.25) is 0 Å². The van der Waals surface area contributed by atoms with Crippen molar-refractivity contribution < 1.29 is 37.0 Å². The molecule has 0 radical (unpaired) electrons. The van der Waals surface area contributed by atoms with Gasteiger partial charge in [-0.3, -0.25) is 4.90 Å². The lowest BCUT2D eigenvalue weighted by Crippen LogP contribution is -2.60. The Labute approximate surface area is 273 Å². The van der Waals surface area contributed by atoms with Crippen molar-refractivity contribution in [3.63, 3.8) is 0 Å². The number of nitrogens with one attached hydrogen (secondary N) is 1. The molecule has 2 aromatic carbocycles. The number of benzene rings is 2.